The van der Waals surface area contributed by atoms with Crippen LogP contribution in [-0.2, 0) is 13.1 Å². The molecule has 0 amide bonds. The molecule has 8 heteroatoms. The second-order valence-electron chi connectivity index (χ2n) is 7.00. The fourth-order valence-electron chi connectivity index (χ4n) is 3.31. The standard InChI is InChI=1S/C16H24N6O2/c1-11-17-15(23-19-11)10-21(2)13-4-3-7-22(8-13)9-14-18-16(24-20-14)12-5-6-12/h12-13H,3-10H2,1-2H3/t13-/m1/s1. The van der Waals surface area contributed by atoms with Crippen LogP contribution in [0.3, 0.4) is 0 Å². The highest BCUT2D eigenvalue weighted by Crippen LogP contribution is 2.38. The molecule has 2 aromatic rings. The maximum atomic E-state index is 5.36. The maximum absolute atomic E-state index is 5.36. The molecule has 0 aromatic carbocycles. The van der Waals surface area contributed by atoms with E-state index in [0.29, 0.717) is 30.2 Å². The first kappa shape index (κ1) is 15.7. The van der Waals surface area contributed by atoms with Crippen molar-refractivity contribution in [2.75, 3.05) is 20.1 Å². The van der Waals surface area contributed by atoms with Crippen molar-refractivity contribution in [3.63, 3.8) is 0 Å². The topological polar surface area (TPSA) is 84.3 Å². The molecule has 2 fully saturated rings. The molecule has 1 saturated carbocycles. The largest absolute Gasteiger partial charge is 0.339 e. The molecular weight excluding hydrogens is 308 g/mol. The van der Waals surface area contributed by atoms with E-state index in [1.165, 1.54) is 25.7 Å². The molecule has 0 radical (unpaired) electrons. The second kappa shape index (κ2) is 6.60. The highest BCUT2D eigenvalue weighted by atomic mass is 16.5. The van der Waals surface area contributed by atoms with Gasteiger partial charge in [0.05, 0.1) is 13.1 Å². The minimum Gasteiger partial charge on any atom is -0.339 e. The van der Waals surface area contributed by atoms with Crippen molar-refractivity contribution < 1.29 is 9.05 Å². The van der Waals surface area contributed by atoms with Gasteiger partial charge >= 0.3 is 0 Å². The number of piperidine rings is 1. The Morgan fingerprint density at radius 3 is 2.79 bits per heavy atom. The Bertz CT molecular complexity index is 680. The first-order chi connectivity index (χ1) is 11.7. The van der Waals surface area contributed by atoms with Crippen LogP contribution in [0, 0.1) is 6.92 Å². The summed E-state index contributed by atoms with van der Waals surface area (Å²) in [6, 6.07) is 0.473. The van der Waals surface area contributed by atoms with Crippen LogP contribution >= 0.6 is 0 Å². The number of hydrogen-bond acceptors (Lipinski definition) is 8. The fourth-order valence-corrected chi connectivity index (χ4v) is 3.31. The lowest BCUT2D eigenvalue weighted by molar-refractivity contribution is 0.0972. The van der Waals surface area contributed by atoms with Gasteiger partial charge in [0, 0.05) is 18.5 Å². The third-order valence-corrected chi connectivity index (χ3v) is 4.83. The lowest BCUT2D eigenvalue weighted by Gasteiger charge is -2.36. The number of nitrogens with zero attached hydrogens (tertiary/aromatic N) is 6. The zero-order valence-electron chi connectivity index (χ0n) is 14.3. The molecule has 2 aromatic heterocycles. The number of likely N-dealkylation sites (N-methyl/N-ethyl adjacent to an activating group) is 1. The van der Waals surface area contributed by atoms with Gasteiger partial charge in [0.2, 0.25) is 11.8 Å². The van der Waals surface area contributed by atoms with Crippen LogP contribution in [0.5, 0.6) is 0 Å². The predicted molar refractivity (Wildman–Crippen MR) is 85.1 cm³/mol. The highest BCUT2D eigenvalue weighted by molar-refractivity contribution is 5.02. The third kappa shape index (κ3) is 3.64. The van der Waals surface area contributed by atoms with Crippen molar-refractivity contribution in [2.45, 2.75) is 57.7 Å². The summed E-state index contributed by atoms with van der Waals surface area (Å²) < 4.78 is 10.6. The number of hydrogen-bond donors (Lipinski definition) is 0. The number of aryl methyl sites for hydroxylation is 1. The molecule has 3 heterocycles. The van der Waals surface area contributed by atoms with Gasteiger partial charge in [-0.2, -0.15) is 9.97 Å². The summed E-state index contributed by atoms with van der Waals surface area (Å²) in [6.07, 6.45) is 4.73. The Labute approximate surface area is 141 Å². The molecule has 0 N–H and O–H groups in total. The molecule has 1 aliphatic heterocycles. The normalized spacial score (nSPS) is 22.4. The highest BCUT2D eigenvalue weighted by Gasteiger charge is 2.30. The van der Waals surface area contributed by atoms with E-state index in [9.17, 15) is 0 Å². The quantitative estimate of drug-likeness (QED) is 0.791. The first-order valence-electron chi connectivity index (χ1n) is 8.71. The summed E-state index contributed by atoms with van der Waals surface area (Å²) in [4.78, 5) is 13.5. The molecule has 1 aliphatic carbocycles. The molecule has 0 bridgehead atoms. The van der Waals surface area contributed by atoms with Gasteiger partial charge in [0.25, 0.3) is 0 Å². The fraction of sp³-hybridized carbons (Fsp3) is 0.750. The van der Waals surface area contributed by atoms with Gasteiger partial charge in [0.15, 0.2) is 11.6 Å². The zero-order chi connectivity index (χ0) is 16.5. The van der Waals surface area contributed by atoms with E-state index in [4.69, 9.17) is 9.05 Å². The molecule has 0 unspecified atom stereocenters. The average molecular weight is 332 g/mol. The van der Waals surface area contributed by atoms with Gasteiger partial charge in [-0.15, -0.1) is 0 Å². The Balaban J connectivity index is 1.32. The van der Waals surface area contributed by atoms with Crippen LogP contribution in [0.4, 0.5) is 0 Å². The molecule has 1 atom stereocenters. The van der Waals surface area contributed by atoms with E-state index < -0.39 is 0 Å². The van der Waals surface area contributed by atoms with Crippen molar-refractivity contribution in [3.05, 3.63) is 23.4 Å². The Hall–Kier alpha value is -1.80. The summed E-state index contributed by atoms with van der Waals surface area (Å²) in [5, 5.41) is 7.99. The lowest BCUT2D eigenvalue weighted by atomic mass is 10.0. The summed E-state index contributed by atoms with van der Waals surface area (Å²) in [6.45, 7) is 5.37. The number of rotatable bonds is 6. The maximum Gasteiger partial charge on any atom is 0.240 e. The van der Waals surface area contributed by atoms with Crippen molar-refractivity contribution in [3.8, 4) is 0 Å². The second-order valence-corrected chi connectivity index (χ2v) is 7.00. The molecule has 4 rings (SSSR count). The Morgan fingerprint density at radius 2 is 2.04 bits per heavy atom. The third-order valence-electron chi connectivity index (χ3n) is 4.83. The molecule has 1 saturated heterocycles. The summed E-state index contributed by atoms with van der Waals surface area (Å²) in [5.74, 6) is 3.52. The summed E-state index contributed by atoms with van der Waals surface area (Å²) >= 11 is 0. The van der Waals surface area contributed by atoms with Crippen molar-refractivity contribution in [1.82, 2.24) is 30.1 Å². The van der Waals surface area contributed by atoms with Gasteiger partial charge < -0.3 is 9.05 Å². The predicted octanol–water partition coefficient (Wildman–Crippen LogP) is 1.73. The molecule has 8 nitrogen and oxygen atoms in total. The summed E-state index contributed by atoms with van der Waals surface area (Å²) in [5.41, 5.74) is 0. The van der Waals surface area contributed by atoms with Gasteiger partial charge in [-0.05, 0) is 46.2 Å². The van der Waals surface area contributed by atoms with Crippen molar-refractivity contribution in [2.24, 2.45) is 0 Å². The van der Waals surface area contributed by atoms with Crippen LogP contribution in [0.15, 0.2) is 9.05 Å². The Morgan fingerprint density at radius 1 is 1.17 bits per heavy atom. The number of aromatic nitrogens is 4. The summed E-state index contributed by atoms with van der Waals surface area (Å²) in [7, 11) is 2.12. The van der Waals surface area contributed by atoms with E-state index in [1.54, 1.807) is 0 Å². The first-order valence-corrected chi connectivity index (χ1v) is 8.71. The van der Waals surface area contributed by atoms with Gasteiger partial charge in [-0.1, -0.05) is 10.3 Å². The van der Waals surface area contributed by atoms with E-state index >= 15 is 0 Å². The minimum absolute atomic E-state index is 0.473. The monoisotopic (exact) mass is 332 g/mol. The SMILES string of the molecule is Cc1noc(CN(C)[C@@H]2CCCN(Cc3noc(C4CC4)n3)C2)n1. The van der Waals surface area contributed by atoms with E-state index in [-0.39, 0.29) is 0 Å². The van der Waals surface area contributed by atoms with Crippen LogP contribution < -0.4 is 0 Å². The van der Waals surface area contributed by atoms with Crippen molar-refractivity contribution in [1.29, 1.82) is 0 Å². The van der Waals surface area contributed by atoms with E-state index in [0.717, 1.165) is 31.3 Å². The Kier molecular flexibility index (Phi) is 4.32. The number of likely N-dealkylation sites (tertiary alicyclic amines) is 1. The smallest absolute Gasteiger partial charge is 0.240 e. The molecule has 24 heavy (non-hydrogen) atoms. The van der Waals surface area contributed by atoms with Crippen LogP contribution in [-0.4, -0.2) is 56.3 Å². The van der Waals surface area contributed by atoms with E-state index in [2.05, 4.69) is 37.1 Å². The molecule has 2 aliphatic rings. The minimum atomic E-state index is 0.473. The van der Waals surface area contributed by atoms with Crippen LogP contribution in [0.25, 0.3) is 0 Å². The van der Waals surface area contributed by atoms with Gasteiger partial charge in [-0.25, -0.2) is 0 Å². The van der Waals surface area contributed by atoms with Crippen LogP contribution in [0.2, 0.25) is 0 Å². The lowest BCUT2D eigenvalue weighted by Crippen LogP contribution is -2.45. The van der Waals surface area contributed by atoms with E-state index in [1.807, 2.05) is 6.92 Å². The van der Waals surface area contributed by atoms with Gasteiger partial charge in [0.1, 0.15) is 0 Å². The molecular formula is C16H24N6O2. The van der Waals surface area contributed by atoms with Gasteiger partial charge in [-0.3, -0.25) is 9.80 Å². The average Bonchev–Trinajstić information content (AvgIpc) is 3.19. The molecule has 130 valence electrons. The van der Waals surface area contributed by atoms with Crippen molar-refractivity contribution >= 4 is 0 Å². The van der Waals surface area contributed by atoms with Crippen LogP contribution in [0.1, 0.15) is 55.0 Å². The molecule has 0 spiro atoms. The zero-order valence-corrected chi connectivity index (χ0v) is 14.3.